The Hall–Kier alpha value is -4.42. The van der Waals surface area contributed by atoms with Crippen molar-refractivity contribution in [3.8, 4) is 12.1 Å². The van der Waals surface area contributed by atoms with Crippen molar-refractivity contribution in [3.05, 3.63) is 95.1 Å². The summed E-state index contributed by atoms with van der Waals surface area (Å²) in [5.74, 6) is -0.797. The summed E-state index contributed by atoms with van der Waals surface area (Å²) in [6.45, 7) is 0. The van der Waals surface area contributed by atoms with Crippen LogP contribution in [0.4, 0.5) is 11.4 Å². The molecule has 0 atom stereocenters. The van der Waals surface area contributed by atoms with Crippen molar-refractivity contribution in [2.24, 2.45) is 0 Å². The molecule has 0 heterocycles. The van der Waals surface area contributed by atoms with E-state index >= 15 is 0 Å². The molecule has 2 amide bonds. The number of hydrogen-bond acceptors (Lipinski definition) is 4. The topological polar surface area (TPSA) is 106 Å². The first-order valence-corrected chi connectivity index (χ1v) is 8.33. The Morgan fingerprint density at radius 1 is 0.643 bits per heavy atom. The molecule has 0 aromatic heterocycles. The molecule has 6 heteroatoms. The summed E-state index contributed by atoms with van der Waals surface area (Å²) in [6.07, 6.45) is 0. The Balaban J connectivity index is 1.98. The number of amides is 2. The van der Waals surface area contributed by atoms with Crippen LogP contribution in [0.15, 0.2) is 72.8 Å². The van der Waals surface area contributed by atoms with Gasteiger partial charge in [0.05, 0.1) is 22.5 Å². The zero-order chi connectivity index (χ0) is 19.9. The predicted molar refractivity (Wildman–Crippen MR) is 105 cm³/mol. The quantitative estimate of drug-likeness (QED) is 0.729. The minimum Gasteiger partial charge on any atom is -0.320 e. The minimum atomic E-state index is -0.399. The summed E-state index contributed by atoms with van der Waals surface area (Å²) in [5.41, 5.74) is 1.51. The first kappa shape index (κ1) is 18.4. The monoisotopic (exact) mass is 366 g/mol. The molecular formula is C22H14N4O2. The molecule has 134 valence electrons. The number of benzene rings is 3. The second kappa shape index (κ2) is 8.31. The molecule has 0 radical (unpaired) electrons. The van der Waals surface area contributed by atoms with Gasteiger partial charge in [-0.3, -0.25) is 9.59 Å². The van der Waals surface area contributed by atoms with Crippen LogP contribution < -0.4 is 10.6 Å². The van der Waals surface area contributed by atoms with Crippen molar-refractivity contribution < 1.29 is 9.59 Å². The highest BCUT2D eigenvalue weighted by Crippen LogP contribution is 2.27. The third-order valence-electron chi connectivity index (χ3n) is 3.97. The van der Waals surface area contributed by atoms with Crippen LogP contribution >= 0.6 is 0 Å². The van der Waals surface area contributed by atoms with E-state index in [-0.39, 0.29) is 22.5 Å². The van der Waals surface area contributed by atoms with E-state index in [0.29, 0.717) is 11.1 Å². The highest BCUT2D eigenvalue weighted by Gasteiger charge is 2.16. The van der Waals surface area contributed by atoms with Gasteiger partial charge in [-0.2, -0.15) is 10.5 Å². The zero-order valence-electron chi connectivity index (χ0n) is 14.6. The van der Waals surface area contributed by atoms with E-state index in [0.717, 1.165) is 0 Å². The molecule has 0 unspecified atom stereocenters. The van der Waals surface area contributed by atoms with Crippen LogP contribution in [0.5, 0.6) is 0 Å². The molecule has 3 rings (SSSR count). The lowest BCUT2D eigenvalue weighted by molar-refractivity contribution is 0.101. The predicted octanol–water partition coefficient (Wildman–Crippen LogP) is 3.93. The Morgan fingerprint density at radius 3 is 1.32 bits per heavy atom. The van der Waals surface area contributed by atoms with Crippen LogP contribution in [0.25, 0.3) is 0 Å². The molecule has 6 nitrogen and oxygen atoms in total. The number of anilines is 2. The van der Waals surface area contributed by atoms with Gasteiger partial charge in [-0.15, -0.1) is 0 Å². The molecule has 0 aliphatic heterocycles. The van der Waals surface area contributed by atoms with Crippen molar-refractivity contribution >= 4 is 23.2 Å². The number of nitrogens with zero attached hydrogens (tertiary/aromatic N) is 2. The van der Waals surface area contributed by atoms with Crippen LogP contribution in [-0.4, -0.2) is 11.8 Å². The van der Waals surface area contributed by atoms with Gasteiger partial charge in [-0.25, -0.2) is 0 Å². The molecule has 3 aromatic carbocycles. The van der Waals surface area contributed by atoms with Crippen molar-refractivity contribution in [2.75, 3.05) is 10.6 Å². The van der Waals surface area contributed by atoms with Gasteiger partial charge in [0.2, 0.25) is 0 Å². The van der Waals surface area contributed by atoms with E-state index < -0.39 is 11.8 Å². The maximum Gasteiger partial charge on any atom is 0.255 e. The van der Waals surface area contributed by atoms with Crippen molar-refractivity contribution in [1.29, 1.82) is 10.5 Å². The fourth-order valence-electron chi connectivity index (χ4n) is 2.56. The fourth-order valence-corrected chi connectivity index (χ4v) is 2.56. The summed E-state index contributed by atoms with van der Waals surface area (Å²) < 4.78 is 0. The van der Waals surface area contributed by atoms with Gasteiger partial charge in [0.25, 0.3) is 11.8 Å². The van der Waals surface area contributed by atoms with Crippen molar-refractivity contribution in [1.82, 2.24) is 0 Å². The first-order chi connectivity index (χ1) is 13.6. The number of carbonyl (C=O) groups excluding carboxylic acids is 2. The molecule has 2 N–H and O–H groups in total. The van der Waals surface area contributed by atoms with Crippen LogP contribution in [0.3, 0.4) is 0 Å². The summed E-state index contributed by atoms with van der Waals surface area (Å²) in [5, 5.41) is 23.9. The van der Waals surface area contributed by atoms with Crippen LogP contribution in [-0.2, 0) is 0 Å². The van der Waals surface area contributed by atoms with E-state index in [1.54, 1.807) is 60.7 Å². The first-order valence-electron chi connectivity index (χ1n) is 8.33. The van der Waals surface area contributed by atoms with Gasteiger partial charge in [0.15, 0.2) is 0 Å². The lowest BCUT2D eigenvalue weighted by Gasteiger charge is -2.14. The lowest BCUT2D eigenvalue weighted by Crippen LogP contribution is -2.17. The Bertz CT molecular complexity index is 1020. The number of nitrogens with one attached hydrogen (secondary N) is 2. The van der Waals surface area contributed by atoms with Gasteiger partial charge in [-0.1, -0.05) is 36.4 Å². The third kappa shape index (κ3) is 4.04. The third-order valence-corrected chi connectivity index (χ3v) is 3.97. The number of rotatable bonds is 4. The van der Waals surface area contributed by atoms with E-state index in [2.05, 4.69) is 10.6 Å². The van der Waals surface area contributed by atoms with Gasteiger partial charge >= 0.3 is 0 Å². The summed E-state index contributed by atoms with van der Waals surface area (Å²) in [4.78, 5) is 25.0. The average molecular weight is 366 g/mol. The Labute approximate surface area is 161 Å². The molecule has 0 aliphatic rings. The second-order valence-electron chi connectivity index (χ2n) is 5.81. The molecule has 0 saturated heterocycles. The molecule has 0 spiro atoms. The standard InChI is InChI=1S/C22H14N4O2/c23-13-17-11-19(25-21(27)15-7-3-1-4-8-15)20(12-18(17)14-24)26-22(28)16-9-5-2-6-10-16/h1-12H,(H,25,27)(H,26,28). The minimum absolute atomic E-state index is 0.101. The average Bonchev–Trinajstić information content (AvgIpc) is 2.75. The SMILES string of the molecule is N#Cc1cc(NC(=O)c2ccccc2)c(NC(=O)c2ccccc2)cc1C#N. The molecule has 3 aromatic rings. The maximum absolute atomic E-state index is 12.5. The molecule has 28 heavy (non-hydrogen) atoms. The fraction of sp³-hybridized carbons (Fsp3) is 0. The van der Waals surface area contributed by atoms with Gasteiger partial charge < -0.3 is 10.6 Å². The largest absolute Gasteiger partial charge is 0.320 e. The summed E-state index contributed by atoms with van der Waals surface area (Å²) in [6, 6.07) is 23.7. The molecular weight excluding hydrogens is 352 g/mol. The van der Waals surface area contributed by atoms with E-state index in [1.165, 1.54) is 12.1 Å². The Morgan fingerprint density at radius 2 is 1.00 bits per heavy atom. The van der Waals surface area contributed by atoms with E-state index in [9.17, 15) is 20.1 Å². The van der Waals surface area contributed by atoms with Gasteiger partial charge in [-0.05, 0) is 36.4 Å². The molecule has 0 fully saturated rings. The molecule has 0 saturated carbocycles. The number of hydrogen-bond donors (Lipinski definition) is 2. The Kier molecular flexibility index (Phi) is 5.45. The molecule has 0 bridgehead atoms. The highest BCUT2D eigenvalue weighted by molar-refractivity contribution is 6.10. The van der Waals surface area contributed by atoms with Gasteiger partial charge in [0.1, 0.15) is 12.1 Å². The van der Waals surface area contributed by atoms with Crippen LogP contribution in [0, 0.1) is 22.7 Å². The van der Waals surface area contributed by atoms with Crippen LogP contribution in [0.1, 0.15) is 31.8 Å². The molecule has 0 aliphatic carbocycles. The van der Waals surface area contributed by atoms with Crippen molar-refractivity contribution in [3.63, 3.8) is 0 Å². The highest BCUT2D eigenvalue weighted by atomic mass is 16.2. The normalized spacial score (nSPS) is 9.64. The van der Waals surface area contributed by atoms with Crippen LogP contribution in [0.2, 0.25) is 0 Å². The summed E-state index contributed by atoms with van der Waals surface area (Å²) in [7, 11) is 0. The summed E-state index contributed by atoms with van der Waals surface area (Å²) >= 11 is 0. The second-order valence-corrected chi connectivity index (χ2v) is 5.81. The number of carbonyl (C=O) groups is 2. The smallest absolute Gasteiger partial charge is 0.255 e. The zero-order valence-corrected chi connectivity index (χ0v) is 14.6. The van der Waals surface area contributed by atoms with E-state index in [4.69, 9.17) is 0 Å². The maximum atomic E-state index is 12.5. The van der Waals surface area contributed by atoms with Gasteiger partial charge in [0, 0.05) is 11.1 Å². The number of nitriles is 2. The lowest BCUT2D eigenvalue weighted by atomic mass is 10.1. The van der Waals surface area contributed by atoms with Crippen molar-refractivity contribution in [2.45, 2.75) is 0 Å². The van der Waals surface area contributed by atoms with E-state index in [1.807, 2.05) is 12.1 Å².